The van der Waals surface area contributed by atoms with Crippen LogP contribution in [0, 0.1) is 0 Å². The van der Waals surface area contributed by atoms with Gasteiger partial charge < -0.3 is 20.6 Å². The van der Waals surface area contributed by atoms with Gasteiger partial charge in [0.05, 0.1) is 16.9 Å². The van der Waals surface area contributed by atoms with Crippen LogP contribution in [0.1, 0.15) is 38.2 Å². The van der Waals surface area contributed by atoms with Gasteiger partial charge in [0, 0.05) is 18.6 Å². The fourth-order valence-corrected chi connectivity index (χ4v) is 4.35. The van der Waals surface area contributed by atoms with Gasteiger partial charge in [0.2, 0.25) is 0 Å². The lowest BCUT2D eigenvalue weighted by molar-refractivity contribution is -0.165. The molecule has 0 aromatic carbocycles. The molecule has 3 rings (SSSR count). The number of fused-ring (bicyclic) bond motifs is 1. The number of nitrogens with zero attached hydrogens (tertiary/aromatic N) is 2. The number of esters is 1. The minimum Gasteiger partial charge on any atom is -0.457 e. The van der Waals surface area contributed by atoms with Crippen LogP contribution in [0.5, 0.6) is 0 Å². The lowest BCUT2D eigenvalue weighted by Gasteiger charge is -2.50. The maximum Gasteiger partial charge on any atom is 0.320 e. The molecule has 128 valence electrons. The maximum absolute atomic E-state index is 12.0. The molecule has 0 amide bonds. The van der Waals surface area contributed by atoms with E-state index in [0.717, 1.165) is 30.5 Å². The summed E-state index contributed by atoms with van der Waals surface area (Å²) in [6.07, 6.45) is 8.93. The summed E-state index contributed by atoms with van der Waals surface area (Å²) in [6.45, 7) is 1.75. The summed E-state index contributed by atoms with van der Waals surface area (Å²) in [7, 11) is 0. The molecule has 0 aliphatic heterocycles. The predicted molar refractivity (Wildman–Crippen MR) is 95.7 cm³/mol. The van der Waals surface area contributed by atoms with Crippen LogP contribution in [0.25, 0.3) is 5.65 Å². The average Bonchev–Trinajstić information content (AvgIpc) is 3.02. The van der Waals surface area contributed by atoms with Gasteiger partial charge in [-0.05, 0) is 37.8 Å². The monoisotopic (exact) mass is 346 g/mol. The second kappa shape index (κ2) is 6.14. The minimum atomic E-state index is -0.818. The molecule has 0 spiro atoms. The van der Waals surface area contributed by atoms with Crippen molar-refractivity contribution < 1.29 is 9.53 Å². The van der Waals surface area contributed by atoms with Crippen molar-refractivity contribution in [3.05, 3.63) is 36.3 Å². The number of carbonyl (C=O) groups excluding carboxylic acids is 1. The van der Waals surface area contributed by atoms with Crippen molar-refractivity contribution in [3.8, 4) is 0 Å². The Morgan fingerprint density at radius 3 is 2.88 bits per heavy atom. The van der Waals surface area contributed by atoms with E-state index in [0.29, 0.717) is 11.4 Å². The first-order chi connectivity index (χ1) is 11.4. The maximum atomic E-state index is 12.0. The van der Waals surface area contributed by atoms with Gasteiger partial charge in [-0.2, -0.15) is 0 Å². The molecule has 1 aliphatic rings. The van der Waals surface area contributed by atoms with Crippen molar-refractivity contribution in [3.63, 3.8) is 0 Å². The van der Waals surface area contributed by atoms with Crippen molar-refractivity contribution in [2.24, 2.45) is 11.5 Å². The molecule has 0 radical (unpaired) electrons. The number of aromatic nitrogens is 2. The highest BCUT2D eigenvalue weighted by Crippen LogP contribution is 2.49. The molecule has 2 aromatic rings. The number of ether oxygens (including phenoxy) is 1. The van der Waals surface area contributed by atoms with Gasteiger partial charge >= 0.3 is 5.97 Å². The topological polar surface area (TPSA) is 95.6 Å². The van der Waals surface area contributed by atoms with Gasteiger partial charge in [0.1, 0.15) is 11.2 Å². The van der Waals surface area contributed by atoms with E-state index in [2.05, 4.69) is 4.98 Å². The normalized spacial score (nSPS) is 27.1. The molecular formula is C17H22N4O2S. The number of pyridine rings is 1. The molecule has 2 atom stereocenters. The standard InChI is InChI=1S/C17H22N4O2S/c1-16(23-14(22)10-18)6-2-3-7-17(16,15(19)24)12-4-5-13-20-8-9-21(13)11-12/h4-5,8-9,11H,2-3,6-7,10,18H2,1H3,(H2,19,24). The Kier molecular flexibility index (Phi) is 4.31. The first-order valence-corrected chi connectivity index (χ1v) is 8.49. The second-order valence-electron chi connectivity index (χ2n) is 6.50. The second-order valence-corrected chi connectivity index (χ2v) is 6.94. The Morgan fingerprint density at radius 2 is 2.17 bits per heavy atom. The zero-order valence-corrected chi connectivity index (χ0v) is 14.5. The Hall–Kier alpha value is -1.99. The van der Waals surface area contributed by atoms with Crippen LogP contribution < -0.4 is 11.5 Å². The molecule has 24 heavy (non-hydrogen) atoms. The zero-order valence-electron chi connectivity index (χ0n) is 13.7. The van der Waals surface area contributed by atoms with Crippen LogP contribution in [0.3, 0.4) is 0 Å². The Bertz CT molecular complexity index is 790. The highest BCUT2D eigenvalue weighted by atomic mass is 32.1. The zero-order chi connectivity index (χ0) is 17.4. The van der Waals surface area contributed by atoms with Crippen molar-refractivity contribution in [1.82, 2.24) is 9.38 Å². The van der Waals surface area contributed by atoms with Gasteiger partial charge in [-0.25, -0.2) is 4.98 Å². The molecule has 1 saturated carbocycles. The lowest BCUT2D eigenvalue weighted by Crippen LogP contribution is -2.61. The quantitative estimate of drug-likeness (QED) is 0.646. The summed E-state index contributed by atoms with van der Waals surface area (Å²) in [6, 6.07) is 3.90. The molecule has 1 fully saturated rings. The summed E-state index contributed by atoms with van der Waals surface area (Å²) in [5.74, 6) is -0.441. The fraction of sp³-hybridized carbons (Fsp3) is 0.471. The molecule has 7 heteroatoms. The molecule has 2 aromatic heterocycles. The third-order valence-corrected chi connectivity index (χ3v) is 5.51. The molecule has 2 unspecified atom stereocenters. The summed E-state index contributed by atoms with van der Waals surface area (Å²) in [5, 5.41) is 0. The first kappa shape index (κ1) is 16.9. The van der Waals surface area contributed by atoms with E-state index in [9.17, 15) is 4.79 Å². The molecule has 2 heterocycles. The molecular weight excluding hydrogens is 324 g/mol. The largest absolute Gasteiger partial charge is 0.457 e. The number of rotatable bonds is 4. The lowest BCUT2D eigenvalue weighted by atomic mass is 9.60. The van der Waals surface area contributed by atoms with Crippen LogP contribution in [0.2, 0.25) is 0 Å². The predicted octanol–water partition coefficient (Wildman–Crippen LogP) is 1.69. The van der Waals surface area contributed by atoms with Gasteiger partial charge in [0.25, 0.3) is 0 Å². The van der Waals surface area contributed by atoms with Crippen LogP contribution >= 0.6 is 12.2 Å². The number of carbonyl (C=O) groups is 1. The van der Waals surface area contributed by atoms with Crippen LogP contribution in [0.4, 0.5) is 0 Å². The Morgan fingerprint density at radius 1 is 1.42 bits per heavy atom. The van der Waals surface area contributed by atoms with Crippen LogP contribution in [-0.4, -0.2) is 32.5 Å². The van der Waals surface area contributed by atoms with E-state index in [4.69, 9.17) is 28.4 Å². The number of thiocarbonyl (C=S) groups is 1. The van der Waals surface area contributed by atoms with Gasteiger partial charge in [-0.1, -0.05) is 24.7 Å². The summed E-state index contributed by atoms with van der Waals surface area (Å²) >= 11 is 5.48. The Labute approximate surface area is 146 Å². The van der Waals surface area contributed by atoms with E-state index in [-0.39, 0.29) is 6.54 Å². The molecule has 0 bridgehead atoms. The summed E-state index contributed by atoms with van der Waals surface area (Å²) < 4.78 is 7.72. The van der Waals surface area contributed by atoms with Gasteiger partial charge in [-0.3, -0.25) is 4.79 Å². The van der Waals surface area contributed by atoms with E-state index < -0.39 is 17.0 Å². The minimum absolute atomic E-state index is 0.163. The van der Waals surface area contributed by atoms with Crippen molar-refractivity contribution >= 4 is 28.8 Å². The smallest absolute Gasteiger partial charge is 0.320 e. The van der Waals surface area contributed by atoms with E-state index in [1.54, 1.807) is 6.20 Å². The third-order valence-electron chi connectivity index (χ3n) is 5.17. The summed E-state index contributed by atoms with van der Waals surface area (Å²) in [4.78, 5) is 16.6. The van der Waals surface area contributed by atoms with Gasteiger partial charge in [0.15, 0.2) is 0 Å². The van der Waals surface area contributed by atoms with Gasteiger partial charge in [-0.15, -0.1) is 0 Å². The van der Waals surface area contributed by atoms with Crippen LogP contribution in [-0.2, 0) is 14.9 Å². The number of imidazole rings is 1. The van der Waals surface area contributed by atoms with Crippen molar-refractivity contribution in [2.45, 2.75) is 43.6 Å². The molecule has 1 aliphatic carbocycles. The number of hydrogen-bond donors (Lipinski definition) is 2. The summed E-state index contributed by atoms with van der Waals surface area (Å²) in [5.41, 5.74) is 11.9. The SMILES string of the molecule is CC1(OC(=O)CN)CCCCC1(C(N)=S)c1ccc2nccn2c1. The average molecular weight is 346 g/mol. The Balaban J connectivity index is 2.16. The number of nitrogens with two attached hydrogens (primary N) is 2. The molecule has 4 N–H and O–H groups in total. The van der Waals surface area contributed by atoms with E-state index >= 15 is 0 Å². The van der Waals surface area contributed by atoms with Crippen molar-refractivity contribution in [1.29, 1.82) is 0 Å². The van der Waals surface area contributed by atoms with E-state index in [1.807, 2.05) is 35.9 Å². The first-order valence-electron chi connectivity index (χ1n) is 8.08. The fourth-order valence-electron chi connectivity index (χ4n) is 3.91. The third kappa shape index (κ3) is 2.48. The van der Waals surface area contributed by atoms with Crippen molar-refractivity contribution in [2.75, 3.05) is 6.54 Å². The molecule has 0 saturated heterocycles. The van der Waals surface area contributed by atoms with E-state index in [1.165, 1.54) is 0 Å². The number of hydrogen-bond acceptors (Lipinski definition) is 5. The van der Waals surface area contributed by atoms with Crippen LogP contribution in [0.15, 0.2) is 30.7 Å². The highest BCUT2D eigenvalue weighted by Gasteiger charge is 2.55. The highest BCUT2D eigenvalue weighted by molar-refractivity contribution is 7.80. The molecule has 6 nitrogen and oxygen atoms in total.